The van der Waals surface area contributed by atoms with Crippen molar-refractivity contribution in [2.45, 2.75) is 33.6 Å². The molecule has 0 rings (SSSR count). The van der Waals surface area contributed by atoms with Gasteiger partial charge in [0.25, 0.3) is 0 Å². The van der Waals surface area contributed by atoms with Crippen molar-refractivity contribution in [3.8, 4) is 0 Å². The van der Waals surface area contributed by atoms with Crippen LogP contribution in [0.25, 0.3) is 0 Å². The molecule has 0 aromatic rings. The maximum Gasteiger partial charge on any atom is 0.529 e. The van der Waals surface area contributed by atoms with Gasteiger partial charge in [0, 0.05) is 37.1 Å². The Morgan fingerprint density at radius 1 is 1.00 bits per heavy atom. The highest BCUT2D eigenvalue weighted by Crippen LogP contribution is 2.69. The van der Waals surface area contributed by atoms with E-state index >= 15 is 0 Å². The summed E-state index contributed by atoms with van der Waals surface area (Å²) in [6.07, 6.45) is 4.63. The molecule has 0 aromatic heterocycles. The summed E-state index contributed by atoms with van der Waals surface area (Å²) in [6, 6.07) is 0. The molecular formula is C15H30Cl4O6P2S2. The lowest BCUT2D eigenvalue weighted by molar-refractivity contribution is 0.194. The predicted molar refractivity (Wildman–Crippen MR) is 133 cm³/mol. The summed E-state index contributed by atoms with van der Waals surface area (Å²) in [5, 5.41) is 0. The molecule has 0 aliphatic heterocycles. The molecule has 0 N–H and O–H groups in total. The Bertz CT molecular complexity index is 503. The molecule has 0 heterocycles. The lowest BCUT2D eigenvalue weighted by Gasteiger charge is -2.14. The molecule has 0 atom stereocenters. The molecule has 0 saturated heterocycles. The van der Waals surface area contributed by atoms with E-state index in [0.29, 0.717) is 12.5 Å². The second-order valence-electron chi connectivity index (χ2n) is 4.37. The molecule has 0 saturated carbocycles. The summed E-state index contributed by atoms with van der Waals surface area (Å²) < 4.78 is 41.5. The van der Waals surface area contributed by atoms with Gasteiger partial charge in [-0.15, -0.1) is 11.6 Å². The number of hydrogen-bond donors (Lipinski definition) is 0. The first kappa shape index (κ1) is 35.1. The molecule has 0 aliphatic carbocycles. The van der Waals surface area contributed by atoms with Crippen LogP contribution >= 0.6 is 82.8 Å². The normalized spacial score (nSPS) is 11.2. The summed E-state index contributed by atoms with van der Waals surface area (Å²) in [6.45, 7) is 6.62. The van der Waals surface area contributed by atoms with E-state index < -0.39 is 13.6 Å². The van der Waals surface area contributed by atoms with Crippen LogP contribution in [0.2, 0.25) is 0 Å². The Labute approximate surface area is 203 Å². The smallest absolute Gasteiger partial charge is 0.409 e. The maximum absolute atomic E-state index is 12.0. The zero-order valence-electron chi connectivity index (χ0n) is 17.1. The van der Waals surface area contributed by atoms with E-state index in [0.717, 1.165) is 30.6 Å². The SMILES string of the molecule is CCCSP(=O)(OCC)SCCC.COP(=O)(OC)OC=C(Cl)Cl.Cl/C=C/CCl. The number of hydrogen-bond acceptors (Lipinski definition) is 8. The Balaban J connectivity index is -0.000000383. The molecule has 0 bridgehead atoms. The van der Waals surface area contributed by atoms with Gasteiger partial charge in [0.2, 0.25) is 0 Å². The van der Waals surface area contributed by atoms with Crippen LogP contribution in [0.3, 0.4) is 0 Å². The minimum atomic E-state index is -3.48. The zero-order chi connectivity index (χ0) is 23.2. The third-order valence-electron chi connectivity index (χ3n) is 2.09. The van der Waals surface area contributed by atoms with Gasteiger partial charge in [0.1, 0.15) is 10.8 Å². The predicted octanol–water partition coefficient (Wildman–Crippen LogP) is 9.08. The van der Waals surface area contributed by atoms with Gasteiger partial charge in [-0.3, -0.25) is 13.6 Å². The third-order valence-corrected chi connectivity index (χ3v) is 11.8. The fourth-order valence-electron chi connectivity index (χ4n) is 0.975. The highest BCUT2D eigenvalue weighted by molar-refractivity contribution is 8.89. The number of phosphoric acid groups is 1. The second-order valence-corrected chi connectivity index (χ2v) is 15.4. The molecular weight excluding hydrogens is 544 g/mol. The van der Waals surface area contributed by atoms with Crippen LogP contribution in [0.5, 0.6) is 0 Å². The molecule has 0 amide bonds. The van der Waals surface area contributed by atoms with Crippen molar-refractivity contribution >= 4 is 82.8 Å². The van der Waals surface area contributed by atoms with Gasteiger partial charge in [0.15, 0.2) is 0 Å². The average molecular weight is 574 g/mol. The van der Waals surface area contributed by atoms with Crippen molar-refractivity contribution in [2.24, 2.45) is 0 Å². The van der Waals surface area contributed by atoms with Crippen LogP contribution in [0, 0.1) is 0 Å². The van der Waals surface area contributed by atoms with Gasteiger partial charge in [0.05, 0.1) is 6.61 Å². The Hall–Kier alpha value is 1.48. The summed E-state index contributed by atoms with van der Waals surface area (Å²) in [5.41, 5.74) is 1.40. The second kappa shape index (κ2) is 24.1. The number of rotatable bonds is 13. The van der Waals surface area contributed by atoms with E-state index in [9.17, 15) is 9.13 Å². The molecule has 0 fully saturated rings. The maximum atomic E-state index is 12.0. The molecule has 0 unspecified atom stereocenters. The summed E-state index contributed by atoms with van der Waals surface area (Å²) >= 11 is 23.5. The van der Waals surface area contributed by atoms with Crippen LogP contribution in [0.15, 0.2) is 22.4 Å². The van der Waals surface area contributed by atoms with Gasteiger partial charge in [-0.2, -0.15) is 0 Å². The van der Waals surface area contributed by atoms with E-state index in [4.69, 9.17) is 50.9 Å². The lowest BCUT2D eigenvalue weighted by Crippen LogP contribution is -1.88. The first-order valence-corrected chi connectivity index (χ1v) is 16.4. The summed E-state index contributed by atoms with van der Waals surface area (Å²) in [4.78, 5) is 0. The number of alkyl halides is 1. The van der Waals surface area contributed by atoms with Crippen LogP contribution in [0.4, 0.5) is 0 Å². The molecule has 14 heteroatoms. The Morgan fingerprint density at radius 2 is 1.48 bits per heavy atom. The van der Waals surface area contributed by atoms with Gasteiger partial charge in [-0.1, -0.05) is 77.5 Å². The zero-order valence-corrected chi connectivity index (χ0v) is 23.6. The molecule has 0 radical (unpaired) electrons. The van der Waals surface area contributed by atoms with Gasteiger partial charge < -0.3 is 9.05 Å². The van der Waals surface area contributed by atoms with Crippen LogP contribution in [0.1, 0.15) is 33.6 Å². The molecule has 29 heavy (non-hydrogen) atoms. The summed E-state index contributed by atoms with van der Waals surface area (Å²) in [5.74, 6) is -0.0664. The van der Waals surface area contributed by atoms with Gasteiger partial charge in [-0.25, -0.2) is 4.57 Å². The van der Waals surface area contributed by atoms with Crippen molar-refractivity contribution in [1.29, 1.82) is 0 Å². The first-order chi connectivity index (χ1) is 13.6. The minimum Gasteiger partial charge on any atom is -0.409 e. The van der Waals surface area contributed by atoms with Crippen molar-refractivity contribution in [3.63, 3.8) is 0 Å². The fourth-order valence-corrected chi connectivity index (χ4v) is 9.12. The molecule has 0 aromatic carbocycles. The number of allylic oxidation sites excluding steroid dienone is 1. The average Bonchev–Trinajstić information content (AvgIpc) is 2.71. The van der Waals surface area contributed by atoms with E-state index in [1.165, 1.54) is 42.5 Å². The van der Waals surface area contributed by atoms with Crippen LogP contribution < -0.4 is 0 Å². The molecule has 6 nitrogen and oxygen atoms in total. The van der Waals surface area contributed by atoms with Crippen LogP contribution in [-0.2, 0) is 27.2 Å². The summed E-state index contributed by atoms with van der Waals surface area (Å²) in [7, 11) is -1.12. The fraction of sp³-hybridized carbons (Fsp3) is 0.733. The van der Waals surface area contributed by atoms with Gasteiger partial charge in [-0.05, 0) is 19.8 Å². The number of halogens is 4. The molecule has 176 valence electrons. The van der Waals surface area contributed by atoms with E-state index in [2.05, 4.69) is 27.4 Å². The minimum absolute atomic E-state index is 0.167. The Morgan fingerprint density at radius 3 is 1.72 bits per heavy atom. The number of phosphoric ester groups is 1. The largest absolute Gasteiger partial charge is 0.529 e. The van der Waals surface area contributed by atoms with Crippen molar-refractivity contribution in [2.75, 3.05) is 38.2 Å². The van der Waals surface area contributed by atoms with E-state index in [1.807, 2.05) is 6.92 Å². The highest BCUT2D eigenvalue weighted by Gasteiger charge is 2.23. The molecule has 0 aliphatic rings. The van der Waals surface area contributed by atoms with Crippen molar-refractivity contribution in [3.05, 3.63) is 22.4 Å². The lowest BCUT2D eigenvalue weighted by atomic mass is 10.6. The van der Waals surface area contributed by atoms with Crippen LogP contribution in [-0.4, -0.2) is 38.2 Å². The highest BCUT2D eigenvalue weighted by atomic mass is 35.5. The molecule has 0 spiro atoms. The van der Waals surface area contributed by atoms with Crippen molar-refractivity contribution < 1.29 is 27.2 Å². The quantitative estimate of drug-likeness (QED) is 0.123. The Kier molecular flexibility index (Phi) is 29.2. The standard InChI is InChI=1S/C8H19O2PS2.C4H7Cl2O4P.C3H4Cl2/c1-4-7-12-11(9,10-6-3)13-8-5-2;1-8-11(7,9-2)10-3-4(5)6;4-2-1-3-5/h4-8H2,1-3H3;3H,1-2H3;1-2H,3H2/b;;2-1+. The van der Waals surface area contributed by atoms with E-state index in [1.54, 1.807) is 6.08 Å². The van der Waals surface area contributed by atoms with Crippen molar-refractivity contribution in [1.82, 2.24) is 0 Å². The monoisotopic (exact) mass is 572 g/mol. The van der Waals surface area contributed by atoms with E-state index in [-0.39, 0.29) is 4.49 Å². The first-order valence-electron chi connectivity index (χ1n) is 8.39. The topological polar surface area (TPSA) is 71.1 Å². The van der Waals surface area contributed by atoms with Gasteiger partial charge >= 0.3 is 13.6 Å². The third kappa shape index (κ3) is 25.6.